The molecule has 0 aliphatic carbocycles. The van der Waals surface area contributed by atoms with Crippen LogP contribution >= 0.6 is 0 Å². The largest absolute Gasteiger partial charge is 0.493 e. The van der Waals surface area contributed by atoms with Crippen molar-refractivity contribution >= 4 is 28.3 Å². The van der Waals surface area contributed by atoms with E-state index < -0.39 is 11.5 Å². The molecule has 0 saturated carbocycles. The third-order valence-electron chi connectivity index (χ3n) is 6.47. The Hall–Kier alpha value is -4.33. The summed E-state index contributed by atoms with van der Waals surface area (Å²) in [7, 11) is 3.04. The number of amides is 1. The summed E-state index contributed by atoms with van der Waals surface area (Å²) in [6.07, 6.45) is 0.0581. The normalized spacial score (nSPS) is 16.9. The summed E-state index contributed by atoms with van der Waals surface area (Å²) in [6.45, 7) is 3.53. The van der Waals surface area contributed by atoms with Crippen LogP contribution in [0.15, 0.2) is 59.0 Å². The van der Waals surface area contributed by atoms with Gasteiger partial charge in [0.25, 0.3) is 5.91 Å². The van der Waals surface area contributed by atoms with Gasteiger partial charge in [0, 0.05) is 22.7 Å². The van der Waals surface area contributed by atoms with Crippen molar-refractivity contribution in [2.24, 2.45) is 0 Å². The molecule has 184 valence electrons. The zero-order chi connectivity index (χ0) is 25.6. The van der Waals surface area contributed by atoms with Gasteiger partial charge in [-0.3, -0.25) is 9.59 Å². The Morgan fingerprint density at radius 3 is 2.44 bits per heavy atom. The number of ketones is 1. The number of hydrogen-bond acceptors (Lipinski definition) is 6. The average Bonchev–Trinajstić information content (AvgIpc) is 3.20. The topological polar surface area (TPSA) is 87.0 Å². The van der Waals surface area contributed by atoms with Crippen LogP contribution in [-0.4, -0.2) is 25.9 Å². The highest BCUT2D eigenvalue weighted by molar-refractivity contribution is 6.14. The van der Waals surface area contributed by atoms with Crippen molar-refractivity contribution < 1.29 is 32.6 Å². The summed E-state index contributed by atoms with van der Waals surface area (Å²) in [5, 5.41) is 3.34. The number of halogens is 1. The maximum absolute atomic E-state index is 13.4. The lowest BCUT2D eigenvalue weighted by atomic mass is 9.84. The van der Waals surface area contributed by atoms with Crippen molar-refractivity contribution in [3.8, 4) is 17.2 Å². The quantitative estimate of drug-likeness (QED) is 0.368. The zero-order valence-electron chi connectivity index (χ0n) is 20.2. The first-order chi connectivity index (χ1) is 17.2. The van der Waals surface area contributed by atoms with Gasteiger partial charge in [-0.1, -0.05) is 12.1 Å². The molecule has 1 aliphatic rings. The van der Waals surface area contributed by atoms with Gasteiger partial charge in [-0.25, -0.2) is 4.39 Å². The molecule has 0 saturated heterocycles. The maximum atomic E-state index is 13.4. The van der Waals surface area contributed by atoms with Crippen LogP contribution in [0.3, 0.4) is 0 Å². The van der Waals surface area contributed by atoms with Crippen molar-refractivity contribution in [1.82, 2.24) is 0 Å². The van der Waals surface area contributed by atoms with Crippen LogP contribution in [0.4, 0.5) is 10.1 Å². The Kier molecular flexibility index (Phi) is 5.67. The van der Waals surface area contributed by atoms with E-state index in [1.807, 2.05) is 0 Å². The zero-order valence-corrected chi connectivity index (χ0v) is 20.2. The van der Waals surface area contributed by atoms with Gasteiger partial charge in [-0.2, -0.15) is 0 Å². The lowest BCUT2D eigenvalue weighted by Crippen LogP contribution is -2.36. The second kappa shape index (κ2) is 8.71. The molecule has 0 unspecified atom stereocenters. The Labute approximate surface area is 206 Å². The molecule has 1 aromatic heterocycles. The van der Waals surface area contributed by atoms with Gasteiger partial charge in [0.1, 0.15) is 22.8 Å². The minimum atomic E-state index is -0.948. The monoisotopic (exact) mass is 489 g/mol. The number of fused-ring (bicyclic) bond motifs is 3. The van der Waals surface area contributed by atoms with Gasteiger partial charge in [-0.05, 0) is 55.8 Å². The van der Waals surface area contributed by atoms with E-state index >= 15 is 0 Å². The number of benzene rings is 3. The fourth-order valence-corrected chi connectivity index (χ4v) is 4.64. The van der Waals surface area contributed by atoms with E-state index in [0.29, 0.717) is 50.6 Å². The lowest BCUT2D eigenvalue weighted by molar-refractivity contribution is 0.0507. The number of furan rings is 1. The van der Waals surface area contributed by atoms with Gasteiger partial charge in [0.05, 0.1) is 26.2 Å². The highest BCUT2D eigenvalue weighted by Crippen LogP contribution is 2.44. The van der Waals surface area contributed by atoms with Crippen molar-refractivity contribution in [3.05, 3.63) is 82.9 Å². The molecule has 3 aromatic carbocycles. The third-order valence-corrected chi connectivity index (χ3v) is 6.47. The molecule has 1 N–H and O–H groups in total. The van der Waals surface area contributed by atoms with E-state index in [1.165, 1.54) is 26.4 Å². The molecule has 0 bridgehead atoms. The molecule has 36 heavy (non-hydrogen) atoms. The van der Waals surface area contributed by atoms with Gasteiger partial charge in [-0.15, -0.1) is 0 Å². The predicted octanol–water partition coefficient (Wildman–Crippen LogP) is 6.03. The molecule has 4 aromatic rings. The van der Waals surface area contributed by atoms with Gasteiger partial charge < -0.3 is 23.9 Å². The summed E-state index contributed by atoms with van der Waals surface area (Å²) in [4.78, 5) is 26.5. The van der Waals surface area contributed by atoms with E-state index in [9.17, 15) is 14.0 Å². The molecule has 0 radical (unpaired) electrons. The van der Waals surface area contributed by atoms with Crippen molar-refractivity contribution in [2.75, 3.05) is 19.5 Å². The van der Waals surface area contributed by atoms with E-state index in [-0.39, 0.29) is 23.8 Å². The van der Waals surface area contributed by atoms with Crippen LogP contribution in [-0.2, 0) is 5.60 Å². The minimum absolute atomic E-state index is 0.0581. The Morgan fingerprint density at radius 2 is 1.75 bits per heavy atom. The lowest BCUT2D eigenvalue weighted by Gasteiger charge is -2.35. The van der Waals surface area contributed by atoms with Crippen molar-refractivity contribution in [3.63, 3.8) is 0 Å². The number of ether oxygens (including phenoxy) is 3. The Morgan fingerprint density at radius 1 is 1.03 bits per heavy atom. The summed E-state index contributed by atoms with van der Waals surface area (Å²) in [5.74, 6) is 0.508. The summed E-state index contributed by atoms with van der Waals surface area (Å²) >= 11 is 0. The SMILES string of the molecule is COc1ccc(NC(=O)c2oc3ccc4c(c3c2C)C(=O)C[C@@](C)(c2ccc(F)cc2)O4)cc1OC. The maximum Gasteiger partial charge on any atom is 0.291 e. The van der Waals surface area contributed by atoms with E-state index in [4.69, 9.17) is 18.6 Å². The van der Waals surface area contributed by atoms with Gasteiger partial charge in [0.2, 0.25) is 0 Å². The van der Waals surface area contributed by atoms with Crippen LogP contribution in [0.2, 0.25) is 0 Å². The minimum Gasteiger partial charge on any atom is -0.493 e. The standard InChI is InChI=1S/C28H24FNO6/c1-15-24-21(35-26(15)27(32)30-18-9-10-20(33-3)23(13-18)34-4)11-12-22-25(24)19(31)14-28(2,36-22)16-5-7-17(29)8-6-16/h5-13H,14H2,1-4H3,(H,30,32)/t28-/m0/s1. The summed E-state index contributed by atoms with van der Waals surface area (Å²) < 4.78 is 36.1. The smallest absolute Gasteiger partial charge is 0.291 e. The molecule has 1 atom stereocenters. The predicted molar refractivity (Wildman–Crippen MR) is 132 cm³/mol. The summed E-state index contributed by atoms with van der Waals surface area (Å²) in [5.41, 5.74) is 1.55. The molecule has 1 amide bonds. The number of rotatable bonds is 5. The molecule has 7 nitrogen and oxygen atoms in total. The number of hydrogen-bond donors (Lipinski definition) is 1. The number of nitrogens with one attached hydrogen (secondary N) is 1. The Balaban J connectivity index is 1.50. The van der Waals surface area contributed by atoms with E-state index in [2.05, 4.69) is 5.32 Å². The number of carbonyl (C=O) groups excluding carboxylic acids is 2. The first-order valence-electron chi connectivity index (χ1n) is 11.3. The third kappa shape index (κ3) is 3.84. The fraction of sp³-hybridized carbons (Fsp3) is 0.214. The van der Waals surface area contributed by atoms with Crippen LogP contribution in [0.5, 0.6) is 17.2 Å². The molecule has 0 spiro atoms. The summed E-state index contributed by atoms with van der Waals surface area (Å²) in [6, 6.07) is 14.3. The molecule has 5 rings (SSSR count). The average molecular weight is 489 g/mol. The van der Waals surface area contributed by atoms with E-state index in [1.54, 1.807) is 56.3 Å². The highest BCUT2D eigenvalue weighted by Gasteiger charge is 2.40. The van der Waals surface area contributed by atoms with Crippen molar-refractivity contribution in [2.45, 2.75) is 25.9 Å². The molecule has 1 aliphatic heterocycles. The molecular formula is C28H24FNO6. The molecular weight excluding hydrogens is 465 g/mol. The number of Topliss-reactive ketones (excluding diaryl/α,β-unsaturated/α-hetero) is 1. The first-order valence-corrected chi connectivity index (χ1v) is 11.3. The molecule has 0 fully saturated rings. The fourth-order valence-electron chi connectivity index (χ4n) is 4.64. The van der Waals surface area contributed by atoms with E-state index in [0.717, 1.165) is 0 Å². The van der Waals surface area contributed by atoms with Gasteiger partial charge in [0.15, 0.2) is 23.0 Å². The first kappa shape index (κ1) is 23.4. The van der Waals surface area contributed by atoms with Crippen LogP contribution in [0.25, 0.3) is 11.0 Å². The second-order valence-corrected chi connectivity index (χ2v) is 8.83. The number of anilines is 1. The number of aryl methyl sites for hydroxylation is 1. The highest BCUT2D eigenvalue weighted by atomic mass is 19.1. The number of methoxy groups -OCH3 is 2. The van der Waals surface area contributed by atoms with Gasteiger partial charge >= 0.3 is 0 Å². The Bertz CT molecular complexity index is 1510. The van der Waals surface area contributed by atoms with Crippen molar-refractivity contribution in [1.29, 1.82) is 0 Å². The van der Waals surface area contributed by atoms with Crippen LogP contribution in [0, 0.1) is 12.7 Å². The van der Waals surface area contributed by atoms with Crippen LogP contribution < -0.4 is 19.5 Å². The van der Waals surface area contributed by atoms with Crippen LogP contribution in [0.1, 0.15) is 45.4 Å². The number of carbonyl (C=O) groups is 2. The second-order valence-electron chi connectivity index (χ2n) is 8.83. The molecule has 2 heterocycles. The molecule has 8 heteroatoms.